The van der Waals surface area contributed by atoms with Crippen molar-refractivity contribution in [1.29, 1.82) is 0 Å². The van der Waals surface area contributed by atoms with Crippen molar-refractivity contribution in [2.45, 2.75) is 69.8 Å². The topological polar surface area (TPSA) is 64.6 Å². The molecule has 0 aliphatic heterocycles. The number of carbonyl (C=O) groups is 1. The zero-order chi connectivity index (χ0) is 29.9. The molecule has 0 radical (unpaired) electrons. The number of urea groups is 1. The van der Waals surface area contributed by atoms with Gasteiger partial charge in [0.05, 0.1) is 6.04 Å². The van der Waals surface area contributed by atoms with Crippen LogP contribution in [0.25, 0.3) is 0 Å². The number of carbonyl (C=O) groups excluding carboxylic acids is 1. The lowest BCUT2D eigenvalue weighted by Gasteiger charge is -2.36. The molecule has 0 unspecified atom stereocenters. The second-order valence-corrected chi connectivity index (χ2v) is 12.0. The number of hydrogen-bond donors (Lipinski definition) is 3. The van der Waals surface area contributed by atoms with Crippen molar-refractivity contribution in [1.82, 2.24) is 15.5 Å². The highest BCUT2D eigenvalue weighted by molar-refractivity contribution is 5.75. The van der Waals surface area contributed by atoms with E-state index < -0.39 is 11.6 Å². The highest BCUT2D eigenvalue weighted by Gasteiger charge is 2.38. The molecule has 0 saturated heterocycles. The highest BCUT2D eigenvalue weighted by atomic mass is 16.3. The summed E-state index contributed by atoms with van der Waals surface area (Å²) in [4.78, 5) is 15.7. The van der Waals surface area contributed by atoms with Gasteiger partial charge in [-0.15, -0.1) is 0 Å². The third kappa shape index (κ3) is 8.34. The Kier molecular flexibility index (Phi) is 10.6. The van der Waals surface area contributed by atoms with Gasteiger partial charge in [0.2, 0.25) is 0 Å². The Morgan fingerprint density at radius 2 is 1.19 bits per heavy atom. The van der Waals surface area contributed by atoms with Gasteiger partial charge in [0, 0.05) is 19.1 Å². The minimum atomic E-state index is -1.34. The third-order valence-corrected chi connectivity index (χ3v) is 8.94. The van der Waals surface area contributed by atoms with Crippen molar-refractivity contribution in [2.75, 3.05) is 6.54 Å². The maximum absolute atomic E-state index is 13.1. The van der Waals surface area contributed by atoms with E-state index in [-0.39, 0.29) is 12.1 Å². The number of benzene rings is 4. The van der Waals surface area contributed by atoms with Crippen LogP contribution >= 0.6 is 0 Å². The fourth-order valence-electron chi connectivity index (χ4n) is 6.44. The molecule has 5 rings (SSSR count). The smallest absolute Gasteiger partial charge is 0.315 e. The molecule has 1 fully saturated rings. The first kappa shape index (κ1) is 30.5. The van der Waals surface area contributed by atoms with Gasteiger partial charge in [0.1, 0.15) is 5.60 Å². The van der Waals surface area contributed by atoms with Gasteiger partial charge >= 0.3 is 6.03 Å². The number of rotatable bonds is 12. The average Bonchev–Trinajstić information content (AvgIpc) is 3.05. The van der Waals surface area contributed by atoms with Gasteiger partial charge in [-0.2, -0.15) is 0 Å². The number of nitrogens with one attached hydrogen (secondary N) is 2. The van der Waals surface area contributed by atoms with E-state index >= 15 is 0 Å². The van der Waals surface area contributed by atoms with Crippen LogP contribution in [0.3, 0.4) is 0 Å². The molecule has 1 saturated carbocycles. The Hall–Kier alpha value is -3.93. The first-order valence-electron chi connectivity index (χ1n) is 15.7. The quantitative estimate of drug-likeness (QED) is 0.167. The molecule has 0 bridgehead atoms. The molecular formula is C38H45N3O2. The third-order valence-electron chi connectivity index (χ3n) is 8.94. The van der Waals surface area contributed by atoms with E-state index in [0.29, 0.717) is 5.92 Å². The van der Waals surface area contributed by atoms with E-state index in [4.69, 9.17) is 0 Å². The normalized spacial score (nSPS) is 17.7. The van der Waals surface area contributed by atoms with E-state index in [1.54, 1.807) is 0 Å². The van der Waals surface area contributed by atoms with E-state index in [0.717, 1.165) is 62.9 Å². The molecule has 4 aromatic rings. The van der Waals surface area contributed by atoms with Crippen LogP contribution in [-0.2, 0) is 18.7 Å². The summed E-state index contributed by atoms with van der Waals surface area (Å²) in [5.74, 6) is 0.662. The van der Waals surface area contributed by atoms with Crippen LogP contribution in [0.4, 0.5) is 4.79 Å². The Balaban J connectivity index is 1.12. The lowest BCUT2D eigenvalue weighted by molar-refractivity contribution is 0.0470. The predicted octanol–water partition coefficient (Wildman–Crippen LogP) is 7.26. The zero-order valence-corrected chi connectivity index (χ0v) is 25.2. The Labute approximate surface area is 257 Å². The largest absolute Gasteiger partial charge is 0.378 e. The maximum Gasteiger partial charge on any atom is 0.315 e. The van der Waals surface area contributed by atoms with E-state index in [1.165, 1.54) is 11.1 Å². The molecule has 5 heteroatoms. The van der Waals surface area contributed by atoms with Crippen LogP contribution in [0.1, 0.15) is 61.3 Å². The molecule has 1 aliphatic rings. The fourth-order valence-corrected chi connectivity index (χ4v) is 6.44. The summed E-state index contributed by atoms with van der Waals surface area (Å²) in [6.07, 6.45) is 5.35. The van der Waals surface area contributed by atoms with Crippen molar-refractivity contribution in [3.8, 4) is 0 Å². The molecule has 2 amide bonds. The van der Waals surface area contributed by atoms with Gasteiger partial charge in [0.15, 0.2) is 0 Å². The zero-order valence-electron chi connectivity index (χ0n) is 25.2. The molecule has 43 heavy (non-hydrogen) atoms. The first-order chi connectivity index (χ1) is 21.0. The van der Waals surface area contributed by atoms with Gasteiger partial charge in [-0.1, -0.05) is 121 Å². The van der Waals surface area contributed by atoms with Crippen LogP contribution in [0.5, 0.6) is 0 Å². The molecule has 1 aliphatic carbocycles. The number of aliphatic hydroxyl groups is 1. The summed E-state index contributed by atoms with van der Waals surface area (Å²) in [6.45, 7) is 4.82. The minimum Gasteiger partial charge on any atom is -0.378 e. The second-order valence-electron chi connectivity index (χ2n) is 12.0. The van der Waals surface area contributed by atoms with E-state index in [1.807, 2.05) is 67.6 Å². The van der Waals surface area contributed by atoms with Crippen molar-refractivity contribution in [3.63, 3.8) is 0 Å². The fraction of sp³-hybridized carbons (Fsp3) is 0.342. The SMILES string of the molecule is C[C@@H](NC(=O)N[C@H]1CC[C@H](CCN(Cc2ccccc2)Cc2ccccc2)CC1)C(O)(c1ccccc1)c1ccccc1. The van der Waals surface area contributed by atoms with Gasteiger partial charge in [-0.3, -0.25) is 4.90 Å². The van der Waals surface area contributed by atoms with Crippen LogP contribution in [0.2, 0.25) is 0 Å². The van der Waals surface area contributed by atoms with Crippen LogP contribution in [-0.4, -0.2) is 34.7 Å². The average molecular weight is 576 g/mol. The summed E-state index contributed by atoms with van der Waals surface area (Å²) < 4.78 is 0. The monoisotopic (exact) mass is 575 g/mol. The Morgan fingerprint density at radius 3 is 1.65 bits per heavy atom. The highest BCUT2D eigenvalue weighted by Crippen LogP contribution is 2.33. The molecule has 1 atom stereocenters. The lowest BCUT2D eigenvalue weighted by Crippen LogP contribution is -2.54. The molecule has 224 valence electrons. The number of hydrogen-bond acceptors (Lipinski definition) is 3. The molecule has 0 spiro atoms. The van der Waals surface area contributed by atoms with Gasteiger partial charge in [-0.25, -0.2) is 4.79 Å². The summed E-state index contributed by atoms with van der Waals surface area (Å²) in [7, 11) is 0. The van der Waals surface area contributed by atoms with Crippen LogP contribution in [0.15, 0.2) is 121 Å². The molecule has 0 heterocycles. The predicted molar refractivity (Wildman–Crippen MR) is 174 cm³/mol. The lowest BCUT2D eigenvalue weighted by atomic mass is 9.81. The van der Waals surface area contributed by atoms with Gasteiger partial charge < -0.3 is 15.7 Å². The second kappa shape index (κ2) is 15.0. The summed E-state index contributed by atoms with van der Waals surface area (Å²) in [5.41, 5.74) is 2.85. The van der Waals surface area contributed by atoms with E-state index in [9.17, 15) is 9.90 Å². The molecule has 5 nitrogen and oxygen atoms in total. The molecule has 3 N–H and O–H groups in total. The Bertz CT molecular complexity index is 1290. The standard InChI is InChI=1S/C38H45N3O2/c1-30(38(43,34-18-10-4-11-19-34)35-20-12-5-13-21-35)39-37(42)40-36-24-22-31(23-25-36)26-27-41(28-32-14-6-2-7-15-32)29-33-16-8-3-9-17-33/h2-21,30-31,36,43H,22-29H2,1H3,(H2,39,40,42)/t30-,31-,36-/m1/s1. The van der Waals surface area contributed by atoms with Gasteiger partial charge in [0.25, 0.3) is 0 Å². The number of amides is 2. The molecule has 4 aromatic carbocycles. The minimum absolute atomic E-state index is 0.148. The van der Waals surface area contributed by atoms with Crippen molar-refractivity contribution in [2.24, 2.45) is 5.92 Å². The molecular weight excluding hydrogens is 530 g/mol. The number of nitrogens with zero attached hydrogens (tertiary/aromatic N) is 1. The van der Waals surface area contributed by atoms with Crippen LogP contribution in [0, 0.1) is 5.92 Å². The summed E-state index contributed by atoms with van der Waals surface area (Å²) in [6, 6.07) is 40.0. The Morgan fingerprint density at radius 1 is 0.744 bits per heavy atom. The van der Waals surface area contributed by atoms with Gasteiger partial charge in [-0.05, 0) is 73.7 Å². The van der Waals surface area contributed by atoms with Crippen molar-refractivity contribution >= 4 is 6.03 Å². The first-order valence-corrected chi connectivity index (χ1v) is 15.7. The van der Waals surface area contributed by atoms with E-state index in [2.05, 4.69) is 76.2 Å². The maximum atomic E-state index is 13.1. The van der Waals surface area contributed by atoms with Crippen molar-refractivity contribution < 1.29 is 9.90 Å². The van der Waals surface area contributed by atoms with Crippen molar-refractivity contribution in [3.05, 3.63) is 144 Å². The summed E-state index contributed by atoms with van der Waals surface area (Å²) >= 11 is 0. The van der Waals surface area contributed by atoms with Crippen LogP contribution < -0.4 is 10.6 Å². The molecule has 0 aromatic heterocycles. The summed E-state index contributed by atoms with van der Waals surface area (Å²) in [5, 5.41) is 18.2.